The van der Waals surface area contributed by atoms with Crippen molar-refractivity contribution < 1.29 is 14.3 Å². The van der Waals surface area contributed by atoms with Gasteiger partial charge < -0.3 is 14.8 Å². The van der Waals surface area contributed by atoms with Crippen LogP contribution in [0.25, 0.3) is 0 Å². The maximum Gasteiger partial charge on any atom is 0.230 e. The maximum atomic E-state index is 13.1. The molecular formula is C24H29NO3. The largest absolute Gasteiger partial charge is 0.486 e. The standard InChI is InChI=1S/C24H29NO3/c1-23(2,18-8-4-3-5-9-18)22(26)25-17-24(12-6-7-13-24)19-10-11-20-21(16-19)28-15-14-27-20/h3-5,8-11,16H,6-7,12-15,17H2,1-2H3,(H,25,26). The molecule has 1 heterocycles. The molecule has 1 saturated carbocycles. The van der Waals surface area contributed by atoms with Gasteiger partial charge in [0.2, 0.25) is 5.91 Å². The van der Waals surface area contributed by atoms with E-state index in [1.807, 2.05) is 50.2 Å². The molecule has 4 heteroatoms. The molecule has 1 aliphatic heterocycles. The van der Waals surface area contributed by atoms with Gasteiger partial charge in [0.05, 0.1) is 5.41 Å². The number of ether oxygens (including phenoxy) is 2. The molecule has 4 rings (SSSR count). The first-order valence-electron chi connectivity index (χ1n) is 10.3. The summed E-state index contributed by atoms with van der Waals surface area (Å²) in [6.07, 6.45) is 4.54. The van der Waals surface area contributed by atoms with Gasteiger partial charge in [-0.1, -0.05) is 49.2 Å². The van der Waals surface area contributed by atoms with Gasteiger partial charge in [0.15, 0.2) is 11.5 Å². The number of fused-ring (bicyclic) bond motifs is 1. The Bertz CT molecular complexity index is 838. The second-order valence-electron chi connectivity index (χ2n) is 8.52. The molecule has 0 atom stereocenters. The lowest BCUT2D eigenvalue weighted by Crippen LogP contribution is -2.46. The van der Waals surface area contributed by atoms with Gasteiger partial charge in [-0.3, -0.25) is 4.79 Å². The van der Waals surface area contributed by atoms with Crippen molar-refractivity contribution in [2.75, 3.05) is 19.8 Å². The minimum Gasteiger partial charge on any atom is -0.486 e. The van der Waals surface area contributed by atoms with Crippen LogP contribution in [-0.2, 0) is 15.6 Å². The fraction of sp³-hybridized carbons (Fsp3) is 0.458. The second-order valence-corrected chi connectivity index (χ2v) is 8.52. The van der Waals surface area contributed by atoms with Crippen LogP contribution in [0.1, 0.15) is 50.7 Å². The van der Waals surface area contributed by atoms with Crippen molar-refractivity contribution >= 4 is 5.91 Å². The molecule has 2 aromatic carbocycles. The minimum absolute atomic E-state index is 0.0295. The van der Waals surface area contributed by atoms with Crippen LogP contribution >= 0.6 is 0 Å². The zero-order chi connectivity index (χ0) is 19.6. The molecule has 148 valence electrons. The Morgan fingerprint density at radius 1 is 1.00 bits per heavy atom. The average molecular weight is 380 g/mol. The Hall–Kier alpha value is -2.49. The smallest absolute Gasteiger partial charge is 0.230 e. The highest BCUT2D eigenvalue weighted by atomic mass is 16.6. The summed E-state index contributed by atoms with van der Waals surface area (Å²) in [5.74, 6) is 1.71. The van der Waals surface area contributed by atoms with Crippen molar-refractivity contribution in [3.63, 3.8) is 0 Å². The number of rotatable bonds is 5. The Morgan fingerprint density at radius 3 is 2.39 bits per heavy atom. The van der Waals surface area contributed by atoms with Gasteiger partial charge in [0, 0.05) is 12.0 Å². The van der Waals surface area contributed by atoms with Gasteiger partial charge in [0.1, 0.15) is 13.2 Å². The van der Waals surface area contributed by atoms with E-state index in [-0.39, 0.29) is 11.3 Å². The van der Waals surface area contributed by atoms with Gasteiger partial charge >= 0.3 is 0 Å². The molecule has 0 saturated heterocycles. The molecule has 0 bridgehead atoms. The summed E-state index contributed by atoms with van der Waals surface area (Å²) in [5, 5.41) is 3.27. The summed E-state index contributed by atoms with van der Waals surface area (Å²) in [6, 6.07) is 16.3. The van der Waals surface area contributed by atoms with E-state index in [1.54, 1.807) is 0 Å². The fourth-order valence-corrected chi connectivity index (χ4v) is 4.45. The van der Waals surface area contributed by atoms with Gasteiger partial charge in [-0.2, -0.15) is 0 Å². The molecule has 1 amide bonds. The summed E-state index contributed by atoms with van der Waals surface area (Å²) >= 11 is 0. The molecule has 1 aliphatic carbocycles. The van der Waals surface area contributed by atoms with Gasteiger partial charge in [0.25, 0.3) is 0 Å². The lowest BCUT2D eigenvalue weighted by atomic mass is 9.77. The van der Waals surface area contributed by atoms with E-state index in [0.29, 0.717) is 19.8 Å². The summed E-state index contributed by atoms with van der Waals surface area (Å²) in [7, 11) is 0. The van der Waals surface area contributed by atoms with Crippen molar-refractivity contribution in [2.24, 2.45) is 0 Å². The molecule has 0 radical (unpaired) electrons. The molecule has 1 N–H and O–H groups in total. The third-order valence-corrected chi connectivity index (χ3v) is 6.37. The number of amides is 1. The molecule has 2 aromatic rings. The third-order valence-electron chi connectivity index (χ3n) is 6.37. The number of benzene rings is 2. The molecule has 28 heavy (non-hydrogen) atoms. The molecular weight excluding hydrogens is 350 g/mol. The van der Waals surface area contributed by atoms with Gasteiger partial charge in [-0.05, 0) is 49.9 Å². The van der Waals surface area contributed by atoms with Crippen LogP contribution in [0.4, 0.5) is 0 Å². The van der Waals surface area contributed by atoms with Crippen LogP contribution in [0, 0.1) is 0 Å². The molecule has 1 fully saturated rings. The van der Waals surface area contributed by atoms with Crippen LogP contribution in [0.5, 0.6) is 11.5 Å². The van der Waals surface area contributed by atoms with Crippen LogP contribution < -0.4 is 14.8 Å². The first kappa shape index (κ1) is 18.9. The second kappa shape index (κ2) is 7.50. The molecule has 4 nitrogen and oxygen atoms in total. The molecule has 2 aliphatic rings. The zero-order valence-corrected chi connectivity index (χ0v) is 16.8. The molecule has 0 unspecified atom stereocenters. The maximum absolute atomic E-state index is 13.1. The van der Waals surface area contributed by atoms with Crippen molar-refractivity contribution in [3.8, 4) is 11.5 Å². The average Bonchev–Trinajstić information content (AvgIpc) is 3.22. The number of hydrogen-bond donors (Lipinski definition) is 1. The predicted octanol–water partition coefficient (Wildman–Crippen LogP) is 4.36. The third kappa shape index (κ3) is 3.48. The normalized spacial score (nSPS) is 17.9. The fourth-order valence-electron chi connectivity index (χ4n) is 4.45. The summed E-state index contributed by atoms with van der Waals surface area (Å²) < 4.78 is 11.5. The van der Waals surface area contributed by atoms with Crippen molar-refractivity contribution in [2.45, 2.75) is 50.4 Å². The zero-order valence-electron chi connectivity index (χ0n) is 16.8. The van der Waals surface area contributed by atoms with E-state index in [4.69, 9.17) is 9.47 Å². The first-order valence-corrected chi connectivity index (χ1v) is 10.3. The van der Waals surface area contributed by atoms with E-state index < -0.39 is 5.41 Å². The van der Waals surface area contributed by atoms with Gasteiger partial charge in [-0.25, -0.2) is 0 Å². The molecule has 0 aromatic heterocycles. The Morgan fingerprint density at radius 2 is 1.68 bits per heavy atom. The first-order chi connectivity index (χ1) is 13.5. The van der Waals surface area contributed by atoms with Gasteiger partial charge in [-0.15, -0.1) is 0 Å². The van der Waals surface area contributed by atoms with E-state index in [1.165, 1.54) is 18.4 Å². The van der Waals surface area contributed by atoms with E-state index in [2.05, 4.69) is 17.4 Å². The van der Waals surface area contributed by atoms with Crippen molar-refractivity contribution in [1.82, 2.24) is 5.32 Å². The monoisotopic (exact) mass is 379 g/mol. The van der Waals surface area contributed by atoms with E-state index >= 15 is 0 Å². The van der Waals surface area contributed by atoms with E-state index in [0.717, 1.165) is 29.9 Å². The topological polar surface area (TPSA) is 47.6 Å². The molecule has 0 spiro atoms. The number of hydrogen-bond acceptors (Lipinski definition) is 3. The number of carbonyl (C=O) groups is 1. The SMILES string of the molecule is CC(C)(C(=O)NCC1(c2ccc3c(c2)OCCO3)CCCC1)c1ccccc1. The van der Waals surface area contributed by atoms with Crippen LogP contribution in [0.2, 0.25) is 0 Å². The Kier molecular flexibility index (Phi) is 5.05. The van der Waals surface area contributed by atoms with Crippen LogP contribution in [0.15, 0.2) is 48.5 Å². The highest BCUT2D eigenvalue weighted by molar-refractivity contribution is 5.87. The summed E-state index contributed by atoms with van der Waals surface area (Å²) in [4.78, 5) is 13.1. The lowest BCUT2D eigenvalue weighted by Gasteiger charge is -2.33. The highest BCUT2D eigenvalue weighted by Crippen LogP contribution is 2.44. The Balaban J connectivity index is 1.53. The predicted molar refractivity (Wildman–Crippen MR) is 110 cm³/mol. The van der Waals surface area contributed by atoms with Crippen LogP contribution in [-0.4, -0.2) is 25.7 Å². The summed E-state index contributed by atoms with van der Waals surface area (Å²) in [6.45, 7) is 5.82. The number of carbonyl (C=O) groups excluding carboxylic acids is 1. The quantitative estimate of drug-likeness (QED) is 0.839. The number of nitrogens with one attached hydrogen (secondary N) is 1. The lowest BCUT2D eigenvalue weighted by molar-refractivity contribution is -0.125. The highest BCUT2D eigenvalue weighted by Gasteiger charge is 2.38. The van der Waals surface area contributed by atoms with Crippen LogP contribution in [0.3, 0.4) is 0 Å². The minimum atomic E-state index is -0.562. The summed E-state index contributed by atoms with van der Waals surface area (Å²) in [5.41, 5.74) is 1.69. The Labute approximate surface area is 167 Å². The van der Waals surface area contributed by atoms with Crippen molar-refractivity contribution in [3.05, 3.63) is 59.7 Å². The van der Waals surface area contributed by atoms with Crippen molar-refractivity contribution in [1.29, 1.82) is 0 Å². The van der Waals surface area contributed by atoms with E-state index in [9.17, 15) is 4.79 Å².